The van der Waals surface area contributed by atoms with Gasteiger partial charge in [-0.1, -0.05) is 30.1 Å². The molecule has 0 amide bonds. The van der Waals surface area contributed by atoms with Crippen molar-refractivity contribution in [1.29, 1.82) is 0 Å². The molecular weight excluding hydrogens is 235 g/mol. The normalized spacial score (nSPS) is 12.3. The maximum atomic E-state index is 11.3. The minimum Gasteiger partial charge on any atom is -0.483 e. The number of carbonyl (C=O) groups excluding carboxylic acids is 1. The molecule has 0 saturated carbocycles. The van der Waals surface area contributed by atoms with Gasteiger partial charge in [0.15, 0.2) is 11.9 Å². The first-order valence-electron chi connectivity index (χ1n) is 4.68. The van der Waals surface area contributed by atoms with Gasteiger partial charge in [-0.05, 0) is 25.1 Å². The molecule has 1 rings (SSSR count). The zero-order valence-electron chi connectivity index (χ0n) is 8.59. The van der Waals surface area contributed by atoms with E-state index >= 15 is 0 Å². The van der Waals surface area contributed by atoms with Gasteiger partial charge in [-0.3, -0.25) is 4.79 Å². The van der Waals surface area contributed by atoms with Gasteiger partial charge < -0.3 is 4.74 Å². The van der Waals surface area contributed by atoms with Crippen LogP contribution in [0, 0.1) is 0 Å². The summed E-state index contributed by atoms with van der Waals surface area (Å²) in [5.74, 6) is 0.563. The lowest BCUT2D eigenvalue weighted by Gasteiger charge is -2.13. The molecule has 2 nitrogen and oxygen atoms in total. The molecule has 15 heavy (non-hydrogen) atoms. The van der Waals surface area contributed by atoms with Crippen molar-refractivity contribution in [3.63, 3.8) is 0 Å². The van der Waals surface area contributed by atoms with Gasteiger partial charge in [0.2, 0.25) is 0 Å². The zero-order chi connectivity index (χ0) is 11.4. The van der Waals surface area contributed by atoms with E-state index in [1.54, 1.807) is 32.0 Å². The van der Waals surface area contributed by atoms with Gasteiger partial charge in [-0.25, -0.2) is 0 Å². The Balaban J connectivity index is 2.76. The third-order valence-electron chi connectivity index (χ3n) is 1.95. The van der Waals surface area contributed by atoms with Crippen molar-refractivity contribution < 1.29 is 9.53 Å². The van der Waals surface area contributed by atoms with Crippen LogP contribution in [0.15, 0.2) is 18.2 Å². The van der Waals surface area contributed by atoms with E-state index in [1.165, 1.54) is 0 Å². The van der Waals surface area contributed by atoms with Crippen LogP contribution in [0.5, 0.6) is 5.75 Å². The number of hydrogen-bond donors (Lipinski definition) is 0. The van der Waals surface area contributed by atoms with Crippen LogP contribution >= 0.6 is 23.2 Å². The van der Waals surface area contributed by atoms with Crippen molar-refractivity contribution >= 4 is 29.0 Å². The average Bonchev–Trinajstić information content (AvgIpc) is 2.14. The van der Waals surface area contributed by atoms with Gasteiger partial charge in [0.1, 0.15) is 5.75 Å². The van der Waals surface area contributed by atoms with Crippen LogP contribution in [0.25, 0.3) is 0 Å². The molecule has 1 aromatic rings. The molecule has 0 bridgehead atoms. The Kier molecular flexibility index (Phi) is 4.43. The number of hydrogen-bond acceptors (Lipinski definition) is 2. The molecule has 0 heterocycles. The summed E-state index contributed by atoms with van der Waals surface area (Å²) < 4.78 is 5.41. The first kappa shape index (κ1) is 12.3. The highest BCUT2D eigenvalue weighted by Crippen LogP contribution is 2.25. The van der Waals surface area contributed by atoms with E-state index < -0.39 is 6.10 Å². The fourth-order valence-corrected chi connectivity index (χ4v) is 1.66. The SMILES string of the molecule is CCC(=O)C(C)Oc1cc(Cl)cc(Cl)c1. The van der Waals surface area contributed by atoms with Crippen LogP contribution < -0.4 is 4.74 Å². The summed E-state index contributed by atoms with van der Waals surface area (Å²) in [7, 11) is 0. The second-order valence-corrected chi connectivity index (χ2v) is 4.06. The number of halogens is 2. The van der Waals surface area contributed by atoms with Crippen LogP contribution in [-0.4, -0.2) is 11.9 Å². The Hall–Kier alpha value is -0.730. The second-order valence-electron chi connectivity index (χ2n) is 3.19. The number of benzene rings is 1. The molecule has 82 valence electrons. The topological polar surface area (TPSA) is 26.3 Å². The Morgan fingerprint density at radius 1 is 1.33 bits per heavy atom. The Morgan fingerprint density at radius 2 is 1.87 bits per heavy atom. The van der Waals surface area contributed by atoms with Gasteiger partial charge in [0, 0.05) is 16.5 Å². The molecule has 1 atom stereocenters. The second kappa shape index (κ2) is 5.38. The molecule has 0 spiro atoms. The minimum atomic E-state index is -0.468. The van der Waals surface area contributed by atoms with Crippen LogP contribution in [0.2, 0.25) is 10.0 Å². The third kappa shape index (κ3) is 3.73. The first-order valence-corrected chi connectivity index (χ1v) is 5.44. The largest absolute Gasteiger partial charge is 0.483 e. The molecule has 0 aliphatic rings. The summed E-state index contributed by atoms with van der Waals surface area (Å²) in [5, 5.41) is 0.988. The summed E-state index contributed by atoms with van der Waals surface area (Å²) in [4.78, 5) is 11.3. The van der Waals surface area contributed by atoms with E-state index in [-0.39, 0.29) is 5.78 Å². The van der Waals surface area contributed by atoms with Crippen LogP contribution in [0.3, 0.4) is 0 Å². The third-order valence-corrected chi connectivity index (χ3v) is 2.39. The van der Waals surface area contributed by atoms with E-state index in [9.17, 15) is 4.79 Å². The van der Waals surface area contributed by atoms with Gasteiger partial charge in [0.05, 0.1) is 0 Å². The number of ether oxygens (including phenoxy) is 1. The highest BCUT2D eigenvalue weighted by atomic mass is 35.5. The standard InChI is InChI=1S/C11H12Cl2O2/c1-3-11(14)7(2)15-10-5-8(12)4-9(13)6-10/h4-7H,3H2,1-2H3. The van der Waals surface area contributed by atoms with E-state index in [0.717, 1.165) is 0 Å². The van der Waals surface area contributed by atoms with Crippen LogP contribution in [-0.2, 0) is 4.79 Å². The summed E-state index contributed by atoms with van der Waals surface area (Å²) >= 11 is 11.6. The predicted molar refractivity (Wildman–Crippen MR) is 61.9 cm³/mol. The Morgan fingerprint density at radius 3 is 2.33 bits per heavy atom. The number of carbonyl (C=O) groups is 1. The quantitative estimate of drug-likeness (QED) is 0.810. The smallest absolute Gasteiger partial charge is 0.172 e. The van der Waals surface area contributed by atoms with Crippen molar-refractivity contribution in [2.45, 2.75) is 26.4 Å². The minimum absolute atomic E-state index is 0.0473. The molecule has 0 saturated heterocycles. The van der Waals surface area contributed by atoms with Crippen LogP contribution in [0.1, 0.15) is 20.3 Å². The van der Waals surface area contributed by atoms with E-state index in [1.807, 2.05) is 0 Å². The summed E-state index contributed by atoms with van der Waals surface area (Å²) in [5.41, 5.74) is 0. The van der Waals surface area contributed by atoms with Crippen molar-refractivity contribution in [3.8, 4) is 5.75 Å². The van der Waals surface area contributed by atoms with Crippen molar-refractivity contribution in [1.82, 2.24) is 0 Å². The summed E-state index contributed by atoms with van der Waals surface area (Å²) in [6, 6.07) is 4.88. The highest BCUT2D eigenvalue weighted by Gasteiger charge is 2.12. The summed E-state index contributed by atoms with van der Waals surface area (Å²) in [6.07, 6.45) is -0.0142. The summed E-state index contributed by atoms with van der Waals surface area (Å²) in [6.45, 7) is 3.51. The molecule has 0 aliphatic heterocycles. The maximum Gasteiger partial charge on any atom is 0.172 e. The first-order chi connectivity index (χ1) is 7.02. The number of rotatable bonds is 4. The lowest BCUT2D eigenvalue weighted by Crippen LogP contribution is -2.22. The van der Waals surface area contributed by atoms with Crippen LogP contribution in [0.4, 0.5) is 0 Å². The molecule has 1 aromatic carbocycles. The molecule has 0 aromatic heterocycles. The maximum absolute atomic E-state index is 11.3. The molecule has 1 unspecified atom stereocenters. The van der Waals surface area contributed by atoms with Gasteiger partial charge >= 0.3 is 0 Å². The van der Waals surface area contributed by atoms with E-state index in [4.69, 9.17) is 27.9 Å². The molecule has 0 radical (unpaired) electrons. The molecule has 4 heteroatoms. The monoisotopic (exact) mass is 246 g/mol. The Bertz CT molecular complexity index is 343. The fraction of sp³-hybridized carbons (Fsp3) is 0.364. The van der Waals surface area contributed by atoms with Gasteiger partial charge in [-0.2, -0.15) is 0 Å². The zero-order valence-corrected chi connectivity index (χ0v) is 10.1. The number of Topliss-reactive ketones (excluding diaryl/α,β-unsaturated/α-hetero) is 1. The number of ketones is 1. The molecule has 0 N–H and O–H groups in total. The van der Waals surface area contributed by atoms with Crippen molar-refractivity contribution in [2.24, 2.45) is 0 Å². The van der Waals surface area contributed by atoms with E-state index in [0.29, 0.717) is 22.2 Å². The van der Waals surface area contributed by atoms with E-state index in [2.05, 4.69) is 0 Å². The molecule has 0 aliphatic carbocycles. The van der Waals surface area contributed by atoms with Crippen molar-refractivity contribution in [3.05, 3.63) is 28.2 Å². The predicted octanol–water partition coefficient (Wildman–Crippen LogP) is 3.74. The molecule has 0 fully saturated rings. The Labute approximate surface area is 99.1 Å². The average molecular weight is 247 g/mol. The van der Waals surface area contributed by atoms with Crippen molar-refractivity contribution in [2.75, 3.05) is 0 Å². The molecular formula is C11H12Cl2O2. The highest BCUT2D eigenvalue weighted by molar-refractivity contribution is 6.34. The van der Waals surface area contributed by atoms with Gasteiger partial charge in [-0.15, -0.1) is 0 Å². The fourth-order valence-electron chi connectivity index (χ4n) is 1.15. The lowest BCUT2D eigenvalue weighted by molar-refractivity contribution is -0.124. The van der Waals surface area contributed by atoms with Gasteiger partial charge in [0.25, 0.3) is 0 Å². The lowest BCUT2D eigenvalue weighted by atomic mass is 10.2.